The molecule has 4 nitrogen and oxygen atoms in total. The fourth-order valence-electron chi connectivity index (χ4n) is 2.20. The summed E-state index contributed by atoms with van der Waals surface area (Å²) >= 11 is 1.79. The molecule has 0 radical (unpaired) electrons. The van der Waals surface area contributed by atoms with Gasteiger partial charge >= 0.3 is 0 Å². The van der Waals surface area contributed by atoms with Gasteiger partial charge in [0.05, 0.1) is 10.6 Å². The molecule has 6 heteroatoms. The summed E-state index contributed by atoms with van der Waals surface area (Å²) in [5.74, 6) is 1.65. The zero-order valence-corrected chi connectivity index (χ0v) is 15.2. The Hall–Kier alpha value is -1.79. The van der Waals surface area contributed by atoms with E-state index in [1.54, 1.807) is 30.0 Å². The van der Waals surface area contributed by atoms with Crippen LogP contribution in [-0.4, -0.2) is 26.3 Å². The van der Waals surface area contributed by atoms with Crippen LogP contribution in [0.4, 0.5) is 5.69 Å². The molecule has 0 fully saturated rings. The molecule has 0 aliphatic carbocycles. The van der Waals surface area contributed by atoms with Gasteiger partial charge in [0.15, 0.2) is 9.84 Å². The van der Waals surface area contributed by atoms with Crippen LogP contribution in [0, 0.1) is 0 Å². The summed E-state index contributed by atoms with van der Waals surface area (Å²) in [5, 5.41) is 2.70. The monoisotopic (exact) mass is 363 g/mol. The van der Waals surface area contributed by atoms with E-state index in [1.165, 1.54) is 11.6 Å². The number of carbonyl (C=O) groups is 1. The lowest BCUT2D eigenvalue weighted by Crippen LogP contribution is -2.14. The zero-order chi connectivity index (χ0) is 17.4. The minimum Gasteiger partial charge on any atom is -0.325 e. The number of sulfone groups is 1. The summed E-state index contributed by atoms with van der Waals surface area (Å²) < 4.78 is 23.4. The Morgan fingerprint density at radius 2 is 1.71 bits per heavy atom. The van der Waals surface area contributed by atoms with Gasteiger partial charge in [-0.05, 0) is 29.9 Å². The molecule has 0 aromatic heterocycles. The highest BCUT2D eigenvalue weighted by atomic mass is 32.2. The molecule has 2 rings (SSSR count). The van der Waals surface area contributed by atoms with Crippen LogP contribution in [0.25, 0.3) is 0 Å². The third kappa shape index (κ3) is 6.02. The summed E-state index contributed by atoms with van der Waals surface area (Å²) in [7, 11) is -3.36. The van der Waals surface area contributed by atoms with Crippen molar-refractivity contribution in [2.45, 2.75) is 23.5 Å². The average Bonchev–Trinajstić information content (AvgIpc) is 2.55. The Balaban J connectivity index is 1.76. The van der Waals surface area contributed by atoms with Crippen LogP contribution >= 0.6 is 11.8 Å². The summed E-state index contributed by atoms with van der Waals surface area (Å²) in [4.78, 5) is 12.2. The van der Waals surface area contributed by atoms with E-state index in [1.807, 2.05) is 18.2 Å². The van der Waals surface area contributed by atoms with E-state index < -0.39 is 9.84 Å². The molecule has 0 heterocycles. The maximum absolute atomic E-state index is 12.0. The second kappa shape index (κ2) is 8.89. The molecule has 0 saturated heterocycles. The van der Waals surface area contributed by atoms with Crippen molar-refractivity contribution >= 4 is 33.2 Å². The van der Waals surface area contributed by atoms with Crippen molar-refractivity contribution in [3.63, 3.8) is 0 Å². The number of carbonyl (C=O) groups excluding carboxylic acids is 1. The Morgan fingerprint density at radius 1 is 1.04 bits per heavy atom. The molecule has 1 amide bonds. The van der Waals surface area contributed by atoms with Gasteiger partial charge in [-0.2, -0.15) is 11.8 Å². The van der Waals surface area contributed by atoms with Gasteiger partial charge in [0.1, 0.15) is 0 Å². The summed E-state index contributed by atoms with van der Waals surface area (Å²) in [6, 6.07) is 16.7. The average molecular weight is 364 g/mol. The smallest absolute Gasteiger partial charge is 0.224 e. The number of thioether (sulfide) groups is 1. The highest BCUT2D eigenvalue weighted by Crippen LogP contribution is 2.21. The molecule has 128 valence electrons. The standard InChI is InChI=1S/C18H21NO3S2/c1-24(21,22)17-11-6-5-10-16(17)19-18(20)12-7-13-23-14-15-8-3-2-4-9-15/h2-6,8-11H,7,12-14H2,1H3,(H,19,20). The highest BCUT2D eigenvalue weighted by Gasteiger charge is 2.14. The first kappa shape index (κ1) is 18.5. The van der Waals surface area contributed by atoms with Crippen molar-refractivity contribution in [2.24, 2.45) is 0 Å². The molecule has 2 aromatic carbocycles. The molecule has 2 aromatic rings. The molecule has 0 aliphatic rings. The van der Waals surface area contributed by atoms with Gasteiger partial charge in [-0.1, -0.05) is 42.5 Å². The number of rotatable bonds is 8. The second-order valence-corrected chi connectivity index (χ2v) is 8.55. The lowest BCUT2D eigenvalue weighted by Gasteiger charge is -2.09. The van der Waals surface area contributed by atoms with Gasteiger partial charge in [-0.3, -0.25) is 4.79 Å². The van der Waals surface area contributed by atoms with Gasteiger partial charge in [-0.15, -0.1) is 0 Å². The van der Waals surface area contributed by atoms with Crippen molar-refractivity contribution in [2.75, 3.05) is 17.3 Å². The van der Waals surface area contributed by atoms with Crippen molar-refractivity contribution < 1.29 is 13.2 Å². The van der Waals surface area contributed by atoms with E-state index in [0.717, 1.165) is 24.2 Å². The van der Waals surface area contributed by atoms with Crippen LogP contribution in [0.1, 0.15) is 18.4 Å². The number of benzene rings is 2. The van der Waals surface area contributed by atoms with E-state index in [-0.39, 0.29) is 10.8 Å². The van der Waals surface area contributed by atoms with Gasteiger partial charge in [0, 0.05) is 18.4 Å². The minimum absolute atomic E-state index is 0.150. The first-order valence-corrected chi connectivity index (χ1v) is 10.7. The van der Waals surface area contributed by atoms with E-state index >= 15 is 0 Å². The van der Waals surface area contributed by atoms with Crippen LogP contribution in [-0.2, 0) is 20.4 Å². The number of nitrogens with one attached hydrogen (secondary N) is 1. The molecule has 0 spiro atoms. The number of anilines is 1. The van der Waals surface area contributed by atoms with Gasteiger partial charge < -0.3 is 5.32 Å². The number of amides is 1. The van der Waals surface area contributed by atoms with Crippen LogP contribution < -0.4 is 5.32 Å². The number of hydrogen-bond acceptors (Lipinski definition) is 4. The van der Waals surface area contributed by atoms with Crippen LogP contribution in [0.2, 0.25) is 0 Å². The minimum atomic E-state index is -3.36. The molecule has 0 atom stereocenters. The Morgan fingerprint density at radius 3 is 2.42 bits per heavy atom. The predicted octanol–water partition coefficient (Wildman–Crippen LogP) is 3.74. The predicted molar refractivity (Wildman–Crippen MR) is 100 cm³/mol. The maximum atomic E-state index is 12.0. The second-order valence-electron chi connectivity index (χ2n) is 5.46. The molecule has 0 saturated carbocycles. The summed E-state index contributed by atoms with van der Waals surface area (Å²) in [6.45, 7) is 0. The van der Waals surface area contributed by atoms with Crippen molar-refractivity contribution in [3.8, 4) is 0 Å². The Bertz CT molecular complexity index is 774. The molecule has 24 heavy (non-hydrogen) atoms. The van der Waals surface area contributed by atoms with Crippen molar-refractivity contribution in [1.29, 1.82) is 0 Å². The molecular weight excluding hydrogens is 342 g/mol. The summed E-state index contributed by atoms with van der Waals surface area (Å²) in [5.41, 5.74) is 1.62. The van der Waals surface area contributed by atoms with Gasteiger partial charge in [-0.25, -0.2) is 8.42 Å². The van der Waals surface area contributed by atoms with Crippen LogP contribution in [0.5, 0.6) is 0 Å². The first-order valence-electron chi connectivity index (χ1n) is 7.67. The third-order valence-corrected chi connectivity index (χ3v) is 5.63. The lowest BCUT2D eigenvalue weighted by molar-refractivity contribution is -0.116. The van der Waals surface area contributed by atoms with Crippen molar-refractivity contribution in [1.82, 2.24) is 0 Å². The highest BCUT2D eigenvalue weighted by molar-refractivity contribution is 7.98. The van der Waals surface area contributed by atoms with Gasteiger partial charge in [0.2, 0.25) is 5.91 Å². The molecule has 0 aliphatic heterocycles. The molecule has 0 bridgehead atoms. The zero-order valence-electron chi connectivity index (χ0n) is 13.6. The van der Waals surface area contributed by atoms with E-state index in [4.69, 9.17) is 0 Å². The topological polar surface area (TPSA) is 63.2 Å². The Labute approximate surface area is 147 Å². The largest absolute Gasteiger partial charge is 0.325 e. The molecule has 0 unspecified atom stereocenters. The number of para-hydroxylation sites is 1. The first-order chi connectivity index (χ1) is 11.5. The summed E-state index contributed by atoms with van der Waals surface area (Å²) in [6.07, 6.45) is 2.27. The molecule has 1 N–H and O–H groups in total. The van der Waals surface area contributed by atoms with E-state index in [0.29, 0.717) is 12.1 Å². The fraction of sp³-hybridized carbons (Fsp3) is 0.278. The van der Waals surface area contributed by atoms with Gasteiger partial charge in [0.25, 0.3) is 0 Å². The number of hydrogen-bond donors (Lipinski definition) is 1. The van der Waals surface area contributed by atoms with Crippen LogP contribution in [0.15, 0.2) is 59.5 Å². The quantitative estimate of drug-likeness (QED) is 0.726. The van der Waals surface area contributed by atoms with Crippen LogP contribution in [0.3, 0.4) is 0 Å². The third-order valence-electron chi connectivity index (χ3n) is 3.36. The normalized spacial score (nSPS) is 11.2. The maximum Gasteiger partial charge on any atom is 0.224 e. The van der Waals surface area contributed by atoms with E-state index in [9.17, 15) is 13.2 Å². The van der Waals surface area contributed by atoms with E-state index in [2.05, 4.69) is 17.4 Å². The SMILES string of the molecule is CS(=O)(=O)c1ccccc1NC(=O)CCCSCc1ccccc1. The van der Waals surface area contributed by atoms with Crippen molar-refractivity contribution in [3.05, 3.63) is 60.2 Å². The lowest BCUT2D eigenvalue weighted by atomic mass is 10.2. The Kier molecular flexibility index (Phi) is 6.87. The fourth-order valence-corrected chi connectivity index (χ4v) is 3.97. The molecular formula is C18H21NO3S2.